The van der Waals surface area contributed by atoms with Crippen LogP contribution in [0.1, 0.15) is 36.3 Å². The van der Waals surface area contributed by atoms with E-state index in [1.807, 2.05) is 24.1 Å². The maximum absolute atomic E-state index is 12.9. The van der Waals surface area contributed by atoms with Gasteiger partial charge in [-0.25, -0.2) is 4.98 Å². The lowest BCUT2D eigenvalue weighted by Gasteiger charge is -2.43. The number of hydrogen-bond acceptors (Lipinski definition) is 5. The number of aliphatic hydroxyl groups excluding tert-OH is 1. The molecule has 1 unspecified atom stereocenters. The Kier molecular flexibility index (Phi) is 4.80. The average molecular weight is 372 g/mol. The normalized spacial score (nSPS) is 20.9. The van der Waals surface area contributed by atoms with Gasteiger partial charge in [-0.1, -0.05) is 6.42 Å². The van der Waals surface area contributed by atoms with Gasteiger partial charge in [-0.05, 0) is 37.8 Å². The number of amides is 1. The average Bonchev–Trinajstić information content (AvgIpc) is 3.08. The van der Waals surface area contributed by atoms with Crippen molar-refractivity contribution in [1.29, 1.82) is 0 Å². The van der Waals surface area contributed by atoms with E-state index in [1.54, 1.807) is 23.7 Å². The lowest BCUT2D eigenvalue weighted by Crippen LogP contribution is -2.47. The van der Waals surface area contributed by atoms with E-state index in [4.69, 9.17) is 4.98 Å². The molecule has 1 amide bonds. The number of aryl methyl sites for hydroxylation is 1. The van der Waals surface area contributed by atoms with Gasteiger partial charge in [-0.3, -0.25) is 9.78 Å². The third kappa shape index (κ3) is 3.28. The van der Waals surface area contributed by atoms with Crippen molar-refractivity contribution >= 4 is 17.2 Å². The first kappa shape index (κ1) is 17.6. The summed E-state index contributed by atoms with van der Waals surface area (Å²) in [5.74, 6) is 0.213. The van der Waals surface area contributed by atoms with Gasteiger partial charge in [-0.15, -0.1) is 11.3 Å². The SMILES string of the molecule is CN(CC1(CO)CCC1)C(=O)C1CCc2sc(-c3ccncc3)nc2C1. The van der Waals surface area contributed by atoms with Crippen LogP contribution in [-0.4, -0.2) is 46.1 Å². The first-order valence-electron chi connectivity index (χ1n) is 9.35. The second-order valence-electron chi connectivity index (χ2n) is 7.77. The van der Waals surface area contributed by atoms with Gasteiger partial charge in [0.25, 0.3) is 0 Å². The van der Waals surface area contributed by atoms with Gasteiger partial charge < -0.3 is 10.0 Å². The van der Waals surface area contributed by atoms with Gasteiger partial charge in [0.05, 0.1) is 12.3 Å². The molecule has 6 heteroatoms. The summed E-state index contributed by atoms with van der Waals surface area (Å²) in [5, 5.41) is 10.7. The number of aromatic nitrogens is 2. The molecule has 0 aromatic carbocycles. The Morgan fingerprint density at radius 1 is 1.38 bits per heavy atom. The number of hydrogen-bond donors (Lipinski definition) is 1. The third-order valence-electron chi connectivity index (χ3n) is 5.91. The largest absolute Gasteiger partial charge is 0.396 e. The predicted molar refractivity (Wildman–Crippen MR) is 102 cm³/mol. The number of aliphatic hydroxyl groups is 1. The highest BCUT2D eigenvalue weighted by Gasteiger charge is 2.39. The van der Waals surface area contributed by atoms with Crippen LogP contribution in [0.4, 0.5) is 0 Å². The van der Waals surface area contributed by atoms with Crippen molar-refractivity contribution in [3.05, 3.63) is 35.1 Å². The highest BCUT2D eigenvalue weighted by atomic mass is 32.1. The Bertz CT molecular complexity index is 780. The molecule has 2 aliphatic rings. The van der Waals surface area contributed by atoms with Crippen molar-refractivity contribution in [2.24, 2.45) is 11.3 Å². The minimum Gasteiger partial charge on any atom is -0.396 e. The molecule has 5 nitrogen and oxygen atoms in total. The molecule has 2 aromatic heterocycles. The van der Waals surface area contributed by atoms with Crippen LogP contribution in [0.15, 0.2) is 24.5 Å². The molecule has 138 valence electrons. The van der Waals surface area contributed by atoms with E-state index in [1.165, 1.54) is 4.88 Å². The van der Waals surface area contributed by atoms with Crippen molar-refractivity contribution in [3.8, 4) is 10.6 Å². The van der Waals surface area contributed by atoms with Crippen molar-refractivity contribution in [1.82, 2.24) is 14.9 Å². The minimum atomic E-state index is -0.0562. The van der Waals surface area contributed by atoms with Crippen LogP contribution in [0.25, 0.3) is 10.6 Å². The number of pyridine rings is 1. The summed E-state index contributed by atoms with van der Waals surface area (Å²) in [6.45, 7) is 0.853. The number of thiazole rings is 1. The number of rotatable bonds is 5. The van der Waals surface area contributed by atoms with E-state index in [0.717, 1.165) is 54.8 Å². The van der Waals surface area contributed by atoms with E-state index >= 15 is 0 Å². The number of nitrogens with zero attached hydrogens (tertiary/aromatic N) is 3. The molecular weight excluding hydrogens is 346 g/mol. The maximum atomic E-state index is 12.9. The summed E-state index contributed by atoms with van der Waals surface area (Å²) in [7, 11) is 1.89. The van der Waals surface area contributed by atoms with Gasteiger partial charge in [0.15, 0.2) is 0 Å². The second kappa shape index (κ2) is 7.08. The minimum absolute atomic E-state index is 0.00992. The lowest BCUT2D eigenvalue weighted by molar-refractivity contribution is -0.137. The van der Waals surface area contributed by atoms with E-state index in [2.05, 4.69) is 4.98 Å². The maximum Gasteiger partial charge on any atom is 0.225 e. The number of fused-ring (bicyclic) bond motifs is 1. The van der Waals surface area contributed by atoms with E-state index in [0.29, 0.717) is 6.54 Å². The summed E-state index contributed by atoms with van der Waals surface area (Å²) in [5.41, 5.74) is 2.12. The summed E-state index contributed by atoms with van der Waals surface area (Å²) in [4.78, 5) is 25.0. The lowest BCUT2D eigenvalue weighted by atomic mass is 9.69. The summed E-state index contributed by atoms with van der Waals surface area (Å²) >= 11 is 1.74. The molecular formula is C20H25N3O2S. The first-order chi connectivity index (χ1) is 12.6. The van der Waals surface area contributed by atoms with Gasteiger partial charge in [-0.2, -0.15) is 0 Å². The smallest absolute Gasteiger partial charge is 0.225 e. The summed E-state index contributed by atoms with van der Waals surface area (Å²) in [6.07, 6.45) is 9.32. The molecule has 2 aliphatic carbocycles. The molecule has 0 saturated heterocycles. The predicted octanol–water partition coefficient (Wildman–Crippen LogP) is 2.93. The molecule has 1 saturated carbocycles. The van der Waals surface area contributed by atoms with Crippen molar-refractivity contribution in [2.45, 2.75) is 38.5 Å². The van der Waals surface area contributed by atoms with Crippen LogP contribution in [0.5, 0.6) is 0 Å². The fourth-order valence-corrected chi connectivity index (χ4v) is 5.25. The molecule has 0 spiro atoms. The van der Waals surface area contributed by atoms with E-state index < -0.39 is 0 Å². The first-order valence-corrected chi connectivity index (χ1v) is 10.2. The highest BCUT2D eigenvalue weighted by Crippen LogP contribution is 2.41. The Hall–Kier alpha value is -1.79. The Morgan fingerprint density at radius 3 is 2.81 bits per heavy atom. The van der Waals surface area contributed by atoms with Crippen LogP contribution >= 0.6 is 11.3 Å². The Labute approximate surface area is 158 Å². The standard InChI is InChI=1S/C20H25N3O2S/c1-23(12-20(13-24)7-2-8-20)19(25)15-3-4-17-16(11-15)22-18(26-17)14-5-9-21-10-6-14/h5-6,9-10,15,24H,2-4,7-8,11-13H2,1H3. The molecule has 1 fully saturated rings. The third-order valence-corrected chi connectivity index (χ3v) is 7.12. The molecule has 1 N–H and O–H groups in total. The van der Waals surface area contributed by atoms with Crippen LogP contribution in [0.2, 0.25) is 0 Å². The summed E-state index contributed by atoms with van der Waals surface area (Å²) < 4.78 is 0. The fourth-order valence-electron chi connectivity index (χ4n) is 4.14. The van der Waals surface area contributed by atoms with Crippen LogP contribution < -0.4 is 0 Å². The molecule has 0 bridgehead atoms. The van der Waals surface area contributed by atoms with E-state index in [9.17, 15) is 9.90 Å². The zero-order chi connectivity index (χ0) is 18.1. The second-order valence-corrected chi connectivity index (χ2v) is 8.85. The molecule has 4 rings (SSSR count). The van der Waals surface area contributed by atoms with Crippen LogP contribution in [0.3, 0.4) is 0 Å². The molecule has 0 radical (unpaired) electrons. The van der Waals surface area contributed by atoms with Gasteiger partial charge in [0.1, 0.15) is 5.01 Å². The van der Waals surface area contributed by atoms with Gasteiger partial charge in [0, 0.05) is 54.2 Å². The van der Waals surface area contributed by atoms with Gasteiger partial charge >= 0.3 is 0 Å². The molecule has 0 aliphatic heterocycles. The highest BCUT2D eigenvalue weighted by molar-refractivity contribution is 7.15. The van der Waals surface area contributed by atoms with Crippen molar-refractivity contribution < 1.29 is 9.90 Å². The zero-order valence-electron chi connectivity index (χ0n) is 15.1. The van der Waals surface area contributed by atoms with Crippen molar-refractivity contribution in [3.63, 3.8) is 0 Å². The number of carbonyl (C=O) groups is 1. The Morgan fingerprint density at radius 2 is 2.15 bits per heavy atom. The molecule has 26 heavy (non-hydrogen) atoms. The quantitative estimate of drug-likeness (QED) is 0.878. The summed E-state index contributed by atoms with van der Waals surface area (Å²) in [6, 6.07) is 3.96. The van der Waals surface area contributed by atoms with E-state index in [-0.39, 0.29) is 23.8 Å². The monoisotopic (exact) mass is 371 g/mol. The van der Waals surface area contributed by atoms with Gasteiger partial charge in [0.2, 0.25) is 5.91 Å². The zero-order valence-corrected chi connectivity index (χ0v) is 16.0. The number of carbonyl (C=O) groups excluding carboxylic acids is 1. The Balaban J connectivity index is 1.44. The molecule has 2 aromatic rings. The topological polar surface area (TPSA) is 66.3 Å². The van der Waals surface area contributed by atoms with Crippen molar-refractivity contribution in [2.75, 3.05) is 20.2 Å². The van der Waals surface area contributed by atoms with Crippen LogP contribution in [-0.2, 0) is 17.6 Å². The molecule has 1 atom stereocenters. The molecule has 2 heterocycles. The van der Waals surface area contributed by atoms with Crippen LogP contribution in [0, 0.1) is 11.3 Å². The fraction of sp³-hybridized carbons (Fsp3) is 0.550.